The van der Waals surface area contributed by atoms with Crippen LogP contribution in [0.4, 0.5) is 5.69 Å². The van der Waals surface area contributed by atoms with Crippen LogP contribution >= 0.6 is 12.6 Å². The van der Waals surface area contributed by atoms with E-state index >= 15 is 0 Å². The first-order valence-corrected chi connectivity index (χ1v) is 6.01. The molecule has 3 aromatic rings. The van der Waals surface area contributed by atoms with E-state index in [0.717, 1.165) is 11.0 Å². The molecule has 4 nitrogen and oxygen atoms in total. The Kier molecular flexibility index (Phi) is 2.78. The second-order valence-corrected chi connectivity index (χ2v) is 4.60. The fourth-order valence-electron chi connectivity index (χ4n) is 1.96. The lowest BCUT2D eigenvalue weighted by Gasteiger charge is -2.14. The van der Waals surface area contributed by atoms with Gasteiger partial charge in [0.1, 0.15) is 26.9 Å². The molecule has 2 aromatic carbocycles. The number of hydrogen-bond acceptors (Lipinski definition) is 4. The molecule has 0 aliphatic carbocycles. The molecule has 0 bridgehead atoms. The summed E-state index contributed by atoms with van der Waals surface area (Å²) in [4.78, 5) is 0.530. The van der Waals surface area contributed by atoms with E-state index < -0.39 is 0 Å². The van der Waals surface area contributed by atoms with Gasteiger partial charge >= 0.3 is 0 Å². The molecule has 0 aliphatic heterocycles. The molecule has 19 heavy (non-hydrogen) atoms. The summed E-state index contributed by atoms with van der Waals surface area (Å²) in [5.41, 5.74) is 9.37. The van der Waals surface area contributed by atoms with Gasteiger partial charge in [0, 0.05) is 4.90 Å². The smallest absolute Gasteiger partial charge is 0.116 e. The van der Waals surface area contributed by atoms with Crippen LogP contribution in [-0.4, -0.2) is 30.7 Å². The predicted molar refractivity (Wildman–Crippen MR) is 81.3 cm³/mol. The number of anilines is 1. The second-order valence-electron chi connectivity index (χ2n) is 4.16. The number of nitrogens with zero attached hydrogens (tertiary/aromatic N) is 3. The van der Waals surface area contributed by atoms with Gasteiger partial charge in [0.05, 0.1) is 11.2 Å². The maximum atomic E-state index is 6.02. The number of nitrogen functional groups attached to an aromatic ring is 1. The van der Waals surface area contributed by atoms with Crippen LogP contribution in [0.2, 0.25) is 0 Å². The highest BCUT2D eigenvalue weighted by atomic mass is 32.1. The van der Waals surface area contributed by atoms with E-state index in [-0.39, 0.29) is 0 Å². The van der Waals surface area contributed by atoms with Crippen molar-refractivity contribution in [1.29, 1.82) is 0 Å². The summed E-state index contributed by atoms with van der Waals surface area (Å²) in [6.45, 7) is 0. The van der Waals surface area contributed by atoms with Gasteiger partial charge in [0.2, 0.25) is 0 Å². The Morgan fingerprint density at radius 2 is 1.89 bits per heavy atom. The van der Waals surface area contributed by atoms with Crippen molar-refractivity contribution in [3.63, 3.8) is 0 Å². The van der Waals surface area contributed by atoms with Gasteiger partial charge in [-0.25, -0.2) is 4.68 Å². The molecule has 0 unspecified atom stereocenters. The van der Waals surface area contributed by atoms with E-state index in [1.54, 1.807) is 10.7 Å². The number of aromatic nitrogens is 3. The van der Waals surface area contributed by atoms with E-state index in [2.05, 4.69) is 22.9 Å². The number of hydrogen-bond donors (Lipinski definition) is 2. The van der Waals surface area contributed by atoms with Crippen molar-refractivity contribution in [2.24, 2.45) is 0 Å². The molecule has 0 atom stereocenters. The highest BCUT2D eigenvalue weighted by molar-refractivity contribution is 7.80. The van der Waals surface area contributed by atoms with Crippen molar-refractivity contribution in [3.8, 4) is 5.69 Å². The van der Waals surface area contributed by atoms with Crippen LogP contribution in [-0.2, 0) is 0 Å². The quantitative estimate of drug-likeness (QED) is 0.365. The first-order valence-electron chi connectivity index (χ1n) is 5.57. The zero-order chi connectivity index (χ0) is 13.6. The molecule has 0 amide bonds. The number of rotatable bonds is 1. The lowest BCUT2D eigenvalue weighted by Crippen LogP contribution is -2.23. The zero-order valence-electron chi connectivity index (χ0n) is 9.91. The number of para-hydroxylation sites is 1. The molecule has 88 valence electrons. The van der Waals surface area contributed by atoms with Crippen LogP contribution in [0.25, 0.3) is 16.7 Å². The van der Waals surface area contributed by atoms with Crippen LogP contribution in [0.15, 0.2) is 35.2 Å². The van der Waals surface area contributed by atoms with Crippen molar-refractivity contribution in [1.82, 2.24) is 15.0 Å². The molecule has 0 spiro atoms. The third kappa shape index (κ3) is 1.81. The minimum atomic E-state index is 0.384. The molecule has 0 aliphatic rings. The fraction of sp³-hybridized carbons (Fsp3) is 0. The van der Waals surface area contributed by atoms with E-state index in [1.165, 1.54) is 0 Å². The third-order valence-corrected chi connectivity index (χ3v) is 3.41. The Morgan fingerprint density at radius 1 is 1.16 bits per heavy atom. The van der Waals surface area contributed by atoms with Crippen LogP contribution in [0, 0.1) is 0 Å². The van der Waals surface area contributed by atoms with Gasteiger partial charge in [-0.05, 0) is 12.1 Å². The molecule has 1 aromatic heterocycles. The Labute approximate surface area is 118 Å². The molecule has 3 rings (SSSR count). The minimum absolute atomic E-state index is 0.384. The number of thiol groups is 1. The summed E-state index contributed by atoms with van der Waals surface area (Å²) in [5.74, 6) is 0. The standard InChI is InChI=1S/C12H8B2N4S/c13-6-5-7(14)12(19)11(10(6)15)18-9-4-2-1-3-8(9)16-17-18/h1-5,19H,15H2. The monoisotopic (exact) mass is 262 g/mol. The Bertz CT molecular complexity index is 758. The summed E-state index contributed by atoms with van der Waals surface area (Å²) in [5, 5.41) is 8.17. The molecule has 2 N–H and O–H groups in total. The average molecular weight is 262 g/mol. The Hall–Kier alpha value is -1.88. The van der Waals surface area contributed by atoms with Gasteiger partial charge in [-0.1, -0.05) is 34.3 Å². The van der Waals surface area contributed by atoms with Crippen molar-refractivity contribution in [2.45, 2.75) is 4.90 Å². The SMILES string of the molecule is [B]c1cc([B])c(S)c(-n2nnc3ccccc32)c1N. The summed E-state index contributed by atoms with van der Waals surface area (Å²) in [7, 11) is 11.7. The van der Waals surface area contributed by atoms with Crippen LogP contribution in [0.5, 0.6) is 0 Å². The van der Waals surface area contributed by atoms with Crippen LogP contribution in [0.3, 0.4) is 0 Å². The summed E-state index contributed by atoms with van der Waals surface area (Å²) >= 11 is 4.39. The Balaban J connectivity index is 2.39. The zero-order valence-corrected chi connectivity index (χ0v) is 10.8. The van der Waals surface area contributed by atoms with Gasteiger partial charge in [-0.15, -0.1) is 17.7 Å². The molecule has 0 saturated heterocycles. The molecule has 4 radical (unpaired) electrons. The highest BCUT2D eigenvalue weighted by Crippen LogP contribution is 2.24. The van der Waals surface area contributed by atoms with Gasteiger partial charge in [0.25, 0.3) is 0 Å². The lowest BCUT2D eigenvalue weighted by atomic mass is 9.85. The van der Waals surface area contributed by atoms with E-state index in [0.29, 0.717) is 27.2 Å². The highest BCUT2D eigenvalue weighted by Gasteiger charge is 2.14. The van der Waals surface area contributed by atoms with E-state index in [1.807, 2.05) is 24.3 Å². The number of nitrogens with two attached hydrogens (primary N) is 1. The fourth-order valence-corrected chi connectivity index (χ4v) is 2.24. The number of fused-ring (bicyclic) bond motifs is 1. The van der Waals surface area contributed by atoms with Gasteiger partial charge in [-0.3, -0.25) is 0 Å². The van der Waals surface area contributed by atoms with Gasteiger partial charge < -0.3 is 5.73 Å². The van der Waals surface area contributed by atoms with Gasteiger partial charge in [-0.2, -0.15) is 0 Å². The number of benzene rings is 2. The first-order chi connectivity index (χ1) is 9.09. The van der Waals surface area contributed by atoms with E-state index in [4.69, 9.17) is 21.4 Å². The Morgan fingerprint density at radius 3 is 2.68 bits per heavy atom. The molecular weight excluding hydrogens is 254 g/mol. The topological polar surface area (TPSA) is 56.7 Å². The molecule has 0 saturated carbocycles. The van der Waals surface area contributed by atoms with Gasteiger partial charge in [0.15, 0.2) is 0 Å². The van der Waals surface area contributed by atoms with Crippen molar-refractivity contribution in [3.05, 3.63) is 30.3 Å². The first kappa shape index (κ1) is 12.2. The maximum Gasteiger partial charge on any atom is 0.116 e. The molecule has 7 heteroatoms. The van der Waals surface area contributed by atoms with Crippen LogP contribution in [0.1, 0.15) is 0 Å². The largest absolute Gasteiger partial charge is 0.397 e. The summed E-state index contributed by atoms with van der Waals surface area (Å²) in [6.07, 6.45) is 0. The van der Waals surface area contributed by atoms with Crippen molar-refractivity contribution < 1.29 is 0 Å². The van der Waals surface area contributed by atoms with Crippen LogP contribution < -0.4 is 16.7 Å². The maximum absolute atomic E-state index is 6.02. The lowest BCUT2D eigenvalue weighted by molar-refractivity contribution is 0.816. The second kappa shape index (κ2) is 4.35. The van der Waals surface area contributed by atoms with E-state index in [9.17, 15) is 0 Å². The third-order valence-electron chi connectivity index (χ3n) is 2.94. The molecule has 0 fully saturated rings. The normalized spacial score (nSPS) is 11.0. The molecular formula is C12H8B2N4S. The minimum Gasteiger partial charge on any atom is -0.397 e. The summed E-state index contributed by atoms with van der Waals surface area (Å²) < 4.78 is 1.60. The van der Waals surface area contributed by atoms with Crippen molar-refractivity contribution >= 4 is 56.0 Å². The predicted octanol–water partition coefficient (Wildman–Crippen LogP) is -0.121. The molecule has 1 heterocycles. The van der Waals surface area contributed by atoms with Crippen molar-refractivity contribution in [2.75, 3.05) is 5.73 Å². The summed E-state index contributed by atoms with van der Waals surface area (Å²) in [6, 6.07) is 9.12. The average Bonchev–Trinajstić information content (AvgIpc) is 2.81.